The highest BCUT2D eigenvalue weighted by Gasteiger charge is 2.36. The molecule has 0 spiro atoms. The van der Waals surface area contributed by atoms with Crippen molar-refractivity contribution in [1.82, 2.24) is 0 Å². The highest BCUT2D eigenvalue weighted by atomic mass is 32.2. The summed E-state index contributed by atoms with van der Waals surface area (Å²) in [6, 6.07) is 0. The summed E-state index contributed by atoms with van der Waals surface area (Å²) in [5.41, 5.74) is 1.33. The Morgan fingerprint density at radius 3 is 2.48 bits per heavy atom. The number of hydrogen-bond acceptors (Lipinski definition) is 5. The van der Waals surface area contributed by atoms with Gasteiger partial charge in [0.05, 0.1) is 35.4 Å². The molecule has 122 valence electrons. The first-order valence-corrected chi connectivity index (χ1v) is 11.1. The van der Waals surface area contributed by atoms with E-state index >= 15 is 0 Å². The van der Waals surface area contributed by atoms with Crippen molar-refractivity contribution >= 4 is 19.7 Å². The molecule has 1 heterocycles. The van der Waals surface area contributed by atoms with E-state index in [1.807, 2.05) is 6.26 Å². The maximum absolute atomic E-state index is 11.9. The Balaban J connectivity index is 1.74. The monoisotopic (exact) mass is 336 g/mol. The molecule has 1 saturated heterocycles. The van der Waals surface area contributed by atoms with Crippen LogP contribution in [0.3, 0.4) is 0 Å². The van der Waals surface area contributed by atoms with Crippen LogP contribution in [0.1, 0.15) is 44.9 Å². The predicted molar refractivity (Wildman–Crippen MR) is 82.6 cm³/mol. The molecular weight excluding hydrogens is 312 g/mol. The summed E-state index contributed by atoms with van der Waals surface area (Å²) >= 11 is 0. The molecule has 1 aliphatic carbocycles. The van der Waals surface area contributed by atoms with E-state index in [4.69, 9.17) is 4.74 Å². The summed E-state index contributed by atoms with van der Waals surface area (Å²) in [6.07, 6.45) is 8.65. The fraction of sp³-hybridized carbons (Fsp3) is 0.857. The molecule has 0 aromatic carbocycles. The van der Waals surface area contributed by atoms with Gasteiger partial charge < -0.3 is 4.74 Å². The normalized spacial score (nSPS) is 28.0. The van der Waals surface area contributed by atoms with Crippen molar-refractivity contribution in [2.45, 2.75) is 50.2 Å². The molecule has 0 radical (unpaired) electrons. The summed E-state index contributed by atoms with van der Waals surface area (Å²) in [4.78, 5) is 0. The minimum Gasteiger partial charge on any atom is -0.501 e. The van der Waals surface area contributed by atoms with Gasteiger partial charge in [-0.3, -0.25) is 0 Å². The van der Waals surface area contributed by atoms with Gasteiger partial charge in [0.2, 0.25) is 0 Å². The van der Waals surface area contributed by atoms with Gasteiger partial charge in [0.25, 0.3) is 0 Å². The zero-order valence-electron chi connectivity index (χ0n) is 12.3. The molecule has 1 unspecified atom stereocenters. The molecule has 0 bridgehead atoms. The molecule has 5 nitrogen and oxygen atoms in total. The average Bonchev–Trinajstić information content (AvgIpc) is 2.44. The van der Waals surface area contributed by atoms with Gasteiger partial charge in [0, 0.05) is 0 Å². The third-order valence-corrected chi connectivity index (χ3v) is 8.56. The van der Waals surface area contributed by atoms with Crippen LogP contribution in [0.4, 0.5) is 0 Å². The average molecular weight is 336 g/mol. The van der Waals surface area contributed by atoms with Crippen molar-refractivity contribution in [2.75, 3.05) is 23.9 Å². The summed E-state index contributed by atoms with van der Waals surface area (Å²) in [5.74, 6) is -0.685. The molecule has 2 fully saturated rings. The molecule has 2 rings (SSSR count). The van der Waals surface area contributed by atoms with Crippen LogP contribution >= 0.6 is 0 Å². The van der Waals surface area contributed by atoms with Crippen LogP contribution in [0.25, 0.3) is 0 Å². The highest BCUT2D eigenvalue weighted by molar-refractivity contribution is 7.98. The van der Waals surface area contributed by atoms with Crippen LogP contribution in [-0.4, -0.2) is 46.0 Å². The van der Waals surface area contributed by atoms with E-state index in [1.54, 1.807) is 0 Å². The second kappa shape index (κ2) is 7.13. The third-order valence-electron chi connectivity index (χ3n) is 4.16. The van der Waals surface area contributed by atoms with Crippen LogP contribution in [0.5, 0.6) is 0 Å². The number of sulfone groups is 2. The molecule has 1 atom stereocenters. The highest BCUT2D eigenvalue weighted by Crippen LogP contribution is 2.23. The smallest absolute Gasteiger partial charge is 0.155 e. The lowest BCUT2D eigenvalue weighted by molar-refractivity contribution is 0.236. The van der Waals surface area contributed by atoms with Gasteiger partial charge in [-0.25, -0.2) is 16.8 Å². The van der Waals surface area contributed by atoms with Gasteiger partial charge in [-0.05, 0) is 44.1 Å². The molecule has 0 aromatic heterocycles. The standard InChI is InChI=1S/C14H24O5S2/c15-20(16)9-10-21(17,18)14(12-20)7-4-8-19-11-13-5-2-1-3-6-13/h11,14H,1-10,12H2. The quantitative estimate of drug-likeness (QED) is 0.565. The maximum Gasteiger partial charge on any atom is 0.155 e. The van der Waals surface area contributed by atoms with Crippen LogP contribution < -0.4 is 0 Å². The molecule has 1 aliphatic heterocycles. The zero-order valence-corrected chi connectivity index (χ0v) is 13.9. The largest absolute Gasteiger partial charge is 0.501 e. The Morgan fingerprint density at radius 2 is 1.76 bits per heavy atom. The minimum atomic E-state index is -3.25. The van der Waals surface area contributed by atoms with Crippen molar-refractivity contribution in [3.8, 4) is 0 Å². The molecule has 0 N–H and O–H groups in total. The van der Waals surface area contributed by atoms with Gasteiger partial charge in [-0.1, -0.05) is 6.42 Å². The van der Waals surface area contributed by atoms with E-state index in [0.717, 1.165) is 12.8 Å². The van der Waals surface area contributed by atoms with E-state index < -0.39 is 24.9 Å². The zero-order chi connectivity index (χ0) is 15.3. The Hall–Kier alpha value is -0.560. The van der Waals surface area contributed by atoms with Gasteiger partial charge >= 0.3 is 0 Å². The second-order valence-electron chi connectivity index (χ2n) is 5.95. The lowest BCUT2D eigenvalue weighted by atomic mass is 9.96. The second-order valence-corrected chi connectivity index (χ2v) is 10.6. The van der Waals surface area contributed by atoms with Crippen LogP contribution in [0.2, 0.25) is 0 Å². The van der Waals surface area contributed by atoms with Crippen molar-refractivity contribution < 1.29 is 21.6 Å². The number of rotatable bonds is 5. The molecule has 21 heavy (non-hydrogen) atoms. The molecule has 0 amide bonds. The Labute approximate surface area is 127 Å². The lowest BCUT2D eigenvalue weighted by Crippen LogP contribution is -2.40. The number of allylic oxidation sites excluding steroid dienone is 1. The molecule has 0 aromatic rings. The first-order chi connectivity index (χ1) is 9.89. The fourth-order valence-electron chi connectivity index (χ4n) is 2.84. The van der Waals surface area contributed by atoms with E-state index in [2.05, 4.69) is 0 Å². The number of ether oxygens (including phenoxy) is 1. The van der Waals surface area contributed by atoms with E-state index in [-0.39, 0.29) is 17.3 Å². The van der Waals surface area contributed by atoms with Crippen LogP contribution in [0, 0.1) is 0 Å². The summed E-state index contributed by atoms with van der Waals surface area (Å²) in [6.45, 7) is 0.454. The Morgan fingerprint density at radius 1 is 1.05 bits per heavy atom. The minimum absolute atomic E-state index is 0.226. The summed E-state index contributed by atoms with van der Waals surface area (Å²) < 4.78 is 52.3. The summed E-state index contributed by atoms with van der Waals surface area (Å²) in [5, 5.41) is -0.748. The van der Waals surface area contributed by atoms with E-state index in [0.29, 0.717) is 19.4 Å². The fourth-order valence-corrected chi connectivity index (χ4v) is 7.99. The van der Waals surface area contributed by atoms with Crippen molar-refractivity contribution in [3.05, 3.63) is 11.8 Å². The van der Waals surface area contributed by atoms with Crippen LogP contribution in [0.15, 0.2) is 11.8 Å². The van der Waals surface area contributed by atoms with Gasteiger partial charge in [-0.15, -0.1) is 0 Å². The van der Waals surface area contributed by atoms with Crippen molar-refractivity contribution in [3.63, 3.8) is 0 Å². The van der Waals surface area contributed by atoms with E-state index in [1.165, 1.54) is 24.8 Å². The van der Waals surface area contributed by atoms with Gasteiger partial charge in [-0.2, -0.15) is 0 Å². The Kier molecular flexibility index (Phi) is 5.71. The SMILES string of the molecule is O=S1(=O)CCS(=O)(=O)C(CCCOC=C2CCCCC2)C1. The summed E-state index contributed by atoms with van der Waals surface area (Å²) in [7, 11) is -6.45. The lowest BCUT2D eigenvalue weighted by Gasteiger charge is -2.22. The molecule has 2 aliphatic rings. The van der Waals surface area contributed by atoms with Gasteiger partial charge in [0.15, 0.2) is 19.7 Å². The van der Waals surface area contributed by atoms with Crippen molar-refractivity contribution in [1.29, 1.82) is 0 Å². The molecule has 7 heteroatoms. The van der Waals surface area contributed by atoms with Gasteiger partial charge in [0.1, 0.15) is 0 Å². The van der Waals surface area contributed by atoms with Crippen LogP contribution in [-0.2, 0) is 24.4 Å². The molecule has 1 saturated carbocycles. The maximum atomic E-state index is 11.9. The number of hydrogen-bond donors (Lipinski definition) is 0. The topological polar surface area (TPSA) is 77.5 Å². The van der Waals surface area contributed by atoms with E-state index in [9.17, 15) is 16.8 Å². The van der Waals surface area contributed by atoms with Crippen molar-refractivity contribution in [2.24, 2.45) is 0 Å². The Bertz CT molecular complexity index is 566. The molecular formula is C14H24O5S2. The first-order valence-electron chi connectivity index (χ1n) is 7.61. The predicted octanol–water partition coefficient (Wildman–Crippen LogP) is 1.84. The third kappa shape index (κ3) is 5.29. The first kappa shape index (κ1) is 16.8.